The number of nitrogens with zero attached hydrogens (tertiary/aromatic N) is 1. The van der Waals surface area contributed by atoms with Crippen LogP contribution in [0.3, 0.4) is 0 Å². The number of nitrogens with one attached hydrogen (secondary N) is 1. The highest BCUT2D eigenvalue weighted by atomic mass is 79.9. The number of aromatic nitrogens is 2. The molecule has 102 valence electrons. The fourth-order valence-electron chi connectivity index (χ4n) is 1.08. The maximum absolute atomic E-state index is 11.3. The van der Waals surface area contributed by atoms with E-state index in [9.17, 15) is 19.3 Å². The monoisotopic (exact) mass is 344 g/mol. The maximum atomic E-state index is 11.3. The van der Waals surface area contributed by atoms with E-state index in [1.165, 1.54) is 0 Å². The topological polar surface area (TPSA) is 142 Å². The average molecular weight is 345 g/mol. The van der Waals surface area contributed by atoms with Gasteiger partial charge in [-0.1, -0.05) is 0 Å². The largest absolute Gasteiger partial charge is 0.469 e. The van der Waals surface area contributed by atoms with Gasteiger partial charge in [-0.3, -0.25) is 18.9 Å². The first kappa shape index (κ1) is 15.3. The van der Waals surface area contributed by atoms with Gasteiger partial charge in [-0.25, -0.2) is 9.36 Å². The van der Waals surface area contributed by atoms with Crippen LogP contribution in [0.15, 0.2) is 20.3 Å². The van der Waals surface area contributed by atoms with Gasteiger partial charge in [-0.05, 0) is 15.9 Å². The Morgan fingerprint density at radius 2 is 2.11 bits per heavy atom. The molecule has 1 atom stereocenters. The summed E-state index contributed by atoms with van der Waals surface area (Å²) in [6.45, 7) is -0.929. The molecule has 1 aromatic rings. The lowest BCUT2D eigenvalue weighted by molar-refractivity contribution is 0.0723. The van der Waals surface area contributed by atoms with Gasteiger partial charge >= 0.3 is 13.5 Å². The van der Waals surface area contributed by atoms with E-state index in [0.29, 0.717) is 0 Å². The van der Waals surface area contributed by atoms with E-state index < -0.39 is 31.8 Å². The van der Waals surface area contributed by atoms with Gasteiger partial charge in [0.2, 0.25) is 0 Å². The molecular weight excluding hydrogens is 335 g/mol. The molecule has 0 fully saturated rings. The summed E-state index contributed by atoms with van der Waals surface area (Å²) in [7, 11) is -4.67. The predicted molar refractivity (Wildman–Crippen MR) is 63.0 cm³/mol. The van der Waals surface area contributed by atoms with Crippen LogP contribution in [0.1, 0.15) is 0 Å². The van der Waals surface area contributed by atoms with Crippen molar-refractivity contribution < 1.29 is 24.0 Å². The predicted octanol–water partition coefficient (Wildman–Crippen LogP) is -1.23. The molecule has 0 bridgehead atoms. The molecule has 0 unspecified atom stereocenters. The summed E-state index contributed by atoms with van der Waals surface area (Å²) in [4.78, 5) is 41.2. The van der Waals surface area contributed by atoms with Crippen LogP contribution >= 0.6 is 23.8 Å². The third-order valence-electron chi connectivity index (χ3n) is 1.81. The zero-order chi connectivity index (χ0) is 13.9. The second-order valence-electron chi connectivity index (χ2n) is 3.33. The van der Waals surface area contributed by atoms with Gasteiger partial charge in [0.15, 0.2) is 0 Å². The lowest BCUT2D eigenvalue weighted by atomic mass is 10.4. The first-order valence-corrected chi connectivity index (χ1v) is 6.89. The van der Waals surface area contributed by atoms with Crippen LogP contribution in [0.4, 0.5) is 0 Å². The Morgan fingerprint density at radius 3 is 2.67 bits per heavy atom. The molecule has 18 heavy (non-hydrogen) atoms. The van der Waals surface area contributed by atoms with Crippen molar-refractivity contribution in [2.24, 2.45) is 0 Å². The second kappa shape index (κ2) is 5.91. The van der Waals surface area contributed by atoms with Crippen molar-refractivity contribution in [3.05, 3.63) is 31.5 Å². The van der Waals surface area contributed by atoms with Crippen LogP contribution in [0.5, 0.6) is 0 Å². The molecule has 0 saturated heterocycles. The highest BCUT2D eigenvalue weighted by molar-refractivity contribution is 9.10. The van der Waals surface area contributed by atoms with Crippen molar-refractivity contribution in [3.63, 3.8) is 0 Å². The van der Waals surface area contributed by atoms with Crippen molar-refractivity contribution in [2.45, 2.75) is 12.6 Å². The molecule has 0 aliphatic carbocycles. The fraction of sp³-hybridized carbons (Fsp3) is 0.429. The third kappa shape index (κ3) is 4.84. The molecule has 1 aromatic heterocycles. The minimum Gasteiger partial charge on any atom is -0.389 e. The number of rotatable bonds is 5. The second-order valence-corrected chi connectivity index (χ2v) is 5.42. The average Bonchev–Trinajstić information content (AvgIpc) is 2.22. The Morgan fingerprint density at radius 1 is 1.50 bits per heavy atom. The summed E-state index contributed by atoms with van der Waals surface area (Å²) in [6, 6.07) is 0. The van der Waals surface area contributed by atoms with Crippen LogP contribution in [-0.2, 0) is 15.6 Å². The van der Waals surface area contributed by atoms with Crippen molar-refractivity contribution >= 4 is 23.8 Å². The number of phosphoric acid groups is 1. The standard InChI is InChI=1S/C7H10BrN2O7P/c8-5-2-10(7(13)9-6(5)12)1-4(11)3-17-18(14,15)16/h2,4,11H,1,3H2,(H,9,12,13)(H2,14,15,16)/t4-/m0/s1. The molecule has 0 aromatic carbocycles. The number of aliphatic hydroxyl groups is 1. The van der Waals surface area contributed by atoms with E-state index in [0.717, 1.165) is 10.8 Å². The summed E-state index contributed by atoms with van der Waals surface area (Å²) < 4.78 is 15.5. The van der Waals surface area contributed by atoms with Crippen LogP contribution in [-0.4, -0.2) is 37.2 Å². The Kier molecular flexibility index (Phi) is 5.02. The number of aliphatic hydroxyl groups excluding tert-OH is 1. The summed E-state index contributed by atoms with van der Waals surface area (Å²) >= 11 is 2.90. The molecular formula is C7H10BrN2O7P. The Labute approximate surface area is 108 Å². The molecule has 0 spiro atoms. The van der Waals surface area contributed by atoms with Gasteiger partial charge in [0, 0.05) is 6.20 Å². The molecule has 1 rings (SSSR count). The van der Waals surface area contributed by atoms with E-state index in [4.69, 9.17) is 9.79 Å². The van der Waals surface area contributed by atoms with Gasteiger partial charge in [0.1, 0.15) is 0 Å². The lowest BCUT2D eigenvalue weighted by Crippen LogP contribution is -2.34. The smallest absolute Gasteiger partial charge is 0.389 e. The molecule has 11 heteroatoms. The fourth-order valence-corrected chi connectivity index (χ4v) is 1.79. The van der Waals surface area contributed by atoms with Crippen LogP contribution in [0, 0.1) is 0 Å². The quantitative estimate of drug-likeness (QED) is 0.490. The van der Waals surface area contributed by atoms with Crippen LogP contribution in [0.2, 0.25) is 0 Å². The normalized spacial score (nSPS) is 13.6. The lowest BCUT2D eigenvalue weighted by Gasteiger charge is -2.13. The number of aromatic amines is 1. The third-order valence-corrected chi connectivity index (χ3v) is 2.86. The number of halogens is 1. The van der Waals surface area contributed by atoms with Gasteiger partial charge in [-0.15, -0.1) is 0 Å². The Bertz CT molecular complexity index is 576. The summed E-state index contributed by atoms with van der Waals surface area (Å²) in [5.41, 5.74) is -1.37. The van der Waals surface area contributed by atoms with Gasteiger partial charge in [-0.2, -0.15) is 0 Å². The van der Waals surface area contributed by atoms with E-state index in [2.05, 4.69) is 20.5 Å². The number of phosphoric ester groups is 1. The first-order valence-electron chi connectivity index (χ1n) is 4.56. The van der Waals surface area contributed by atoms with Crippen molar-refractivity contribution in [1.29, 1.82) is 0 Å². The van der Waals surface area contributed by atoms with Gasteiger partial charge in [0.05, 0.1) is 23.7 Å². The maximum Gasteiger partial charge on any atom is 0.469 e. The van der Waals surface area contributed by atoms with Crippen LogP contribution in [0.25, 0.3) is 0 Å². The summed E-state index contributed by atoms with van der Waals surface area (Å²) in [5, 5.41) is 9.42. The van der Waals surface area contributed by atoms with Crippen molar-refractivity contribution in [3.8, 4) is 0 Å². The van der Waals surface area contributed by atoms with Gasteiger partial charge in [0.25, 0.3) is 5.56 Å². The summed E-state index contributed by atoms with van der Waals surface area (Å²) in [6.07, 6.45) is -0.157. The zero-order valence-electron chi connectivity index (χ0n) is 8.82. The minimum atomic E-state index is -4.67. The molecule has 0 saturated carbocycles. The van der Waals surface area contributed by atoms with E-state index in [1.807, 2.05) is 4.98 Å². The number of hydrogen-bond acceptors (Lipinski definition) is 5. The Balaban J connectivity index is 2.74. The number of hydrogen-bond donors (Lipinski definition) is 4. The molecule has 0 radical (unpaired) electrons. The molecule has 0 aliphatic heterocycles. The molecule has 0 aliphatic rings. The van der Waals surface area contributed by atoms with Crippen molar-refractivity contribution in [1.82, 2.24) is 9.55 Å². The van der Waals surface area contributed by atoms with Gasteiger partial charge < -0.3 is 14.9 Å². The van der Waals surface area contributed by atoms with Crippen LogP contribution < -0.4 is 11.2 Å². The highest BCUT2D eigenvalue weighted by Gasteiger charge is 2.17. The number of H-pyrrole nitrogens is 1. The van der Waals surface area contributed by atoms with E-state index in [1.54, 1.807) is 0 Å². The molecule has 0 amide bonds. The minimum absolute atomic E-state index is 0.0882. The SMILES string of the molecule is O=c1[nH]c(=O)n(C[C@H](O)COP(=O)(O)O)cc1Br. The van der Waals surface area contributed by atoms with Crippen molar-refractivity contribution in [2.75, 3.05) is 6.61 Å². The molecule has 1 heterocycles. The Hall–Kier alpha value is -0.770. The summed E-state index contributed by atoms with van der Waals surface area (Å²) in [5.74, 6) is 0. The zero-order valence-corrected chi connectivity index (χ0v) is 11.3. The van der Waals surface area contributed by atoms with E-state index >= 15 is 0 Å². The molecule has 9 nitrogen and oxygen atoms in total. The molecule has 4 N–H and O–H groups in total. The van der Waals surface area contributed by atoms with E-state index in [-0.39, 0.29) is 11.0 Å². The highest BCUT2D eigenvalue weighted by Crippen LogP contribution is 2.35. The first-order chi connectivity index (χ1) is 8.19.